The summed E-state index contributed by atoms with van der Waals surface area (Å²) in [6, 6.07) is 6.17. The smallest absolute Gasteiger partial charge is 0.411 e. The number of carbonyl (C=O) groups is 2. The molecule has 1 heterocycles. The summed E-state index contributed by atoms with van der Waals surface area (Å²) in [5.41, 5.74) is 0.707. The molecule has 2 aliphatic rings. The topological polar surface area (TPSA) is 66.8 Å². The van der Waals surface area contributed by atoms with Crippen molar-refractivity contribution in [1.29, 1.82) is 0 Å². The Bertz CT molecular complexity index is 592. The van der Waals surface area contributed by atoms with Crippen molar-refractivity contribution >= 4 is 12.1 Å². The van der Waals surface area contributed by atoms with Gasteiger partial charge in [-0.3, -0.25) is 4.90 Å². The van der Waals surface area contributed by atoms with Crippen molar-refractivity contribution in [3.05, 3.63) is 35.9 Å². The van der Waals surface area contributed by atoms with Crippen LogP contribution in [0, 0.1) is 5.92 Å². The lowest BCUT2D eigenvalue weighted by Crippen LogP contribution is -2.50. The second-order valence-corrected chi connectivity index (χ2v) is 5.60. The first-order chi connectivity index (χ1) is 10.4. The molecule has 5 nitrogen and oxygen atoms in total. The highest BCUT2D eigenvalue weighted by atomic mass is 19.3. The minimum atomic E-state index is -3.02. The molecule has 3 rings (SSSR count). The summed E-state index contributed by atoms with van der Waals surface area (Å²) >= 11 is 0. The first-order valence-electron chi connectivity index (χ1n) is 7.02. The number of nitrogens with zero attached hydrogens (tertiary/aromatic N) is 1. The number of likely N-dealkylation sites (tertiary alicyclic amines) is 1. The zero-order chi connectivity index (χ0) is 15.9. The number of alkyl halides is 2. The molecular weight excluding hydrogens is 296 g/mol. The fraction of sp³-hybridized carbons (Fsp3) is 0.467. The molecule has 2 fully saturated rings. The Hall–Kier alpha value is -2.18. The molecule has 1 aromatic carbocycles. The van der Waals surface area contributed by atoms with Crippen LogP contribution in [0.3, 0.4) is 0 Å². The standard InChI is InChI=1S/C15H15F2NO4/c16-15(17)10-6-7-11(13(19)20)18(12(10)15)14(21)22-8-9-4-2-1-3-5-9/h1-5,10-12H,6-8H2,(H,19,20). The van der Waals surface area contributed by atoms with Crippen LogP contribution in [0.4, 0.5) is 13.6 Å². The lowest BCUT2D eigenvalue weighted by molar-refractivity contribution is -0.144. The average molecular weight is 311 g/mol. The van der Waals surface area contributed by atoms with Crippen LogP contribution in [-0.4, -0.2) is 40.1 Å². The van der Waals surface area contributed by atoms with E-state index in [9.17, 15) is 18.4 Å². The summed E-state index contributed by atoms with van der Waals surface area (Å²) in [6.45, 7) is -0.0779. The van der Waals surface area contributed by atoms with Gasteiger partial charge in [0.25, 0.3) is 5.92 Å². The van der Waals surface area contributed by atoms with Gasteiger partial charge in [-0.25, -0.2) is 18.4 Å². The van der Waals surface area contributed by atoms with Crippen molar-refractivity contribution in [1.82, 2.24) is 4.90 Å². The van der Waals surface area contributed by atoms with E-state index in [0.29, 0.717) is 10.5 Å². The van der Waals surface area contributed by atoms with Crippen LogP contribution in [-0.2, 0) is 16.1 Å². The largest absolute Gasteiger partial charge is 0.480 e. The molecule has 0 spiro atoms. The Kier molecular flexibility index (Phi) is 3.50. The van der Waals surface area contributed by atoms with Crippen molar-refractivity contribution in [3.63, 3.8) is 0 Å². The number of hydrogen-bond acceptors (Lipinski definition) is 3. The number of carbonyl (C=O) groups excluding carboxylic acids is 1. The lowest BCUT2D eigenvalue weighted by Gasteiger charge is -2.30. The number of benzene rings is 1. The molecule has 1 N–H and O–H groups in total. The first-order valence-corrected chi connectivity index (χ1v) is 7.02. The molecule has 7 heteroatoms. The van der Waals surface area contributed by atoms with Crippen LogP contribution in [0.15, 0.2) is 30.3 Å². The normalized spacial score (nSPS) is 28.6. The van der Waals surface area contributed by atoms with Gasteiger partial charge in [-0.1, -0.05) is 30.3 Å². The van der Waals surface area contributed by atoms with E-state index < -0.39 is 36.0 Å². The zero-order valence-electron chi connectivity index (χ0n) is 11.6. The molecule has 1 saturated heterocycles. The third-order valence-electron chi connectivity index (χ3n) is 4.25. The Balaban J connectivity index is 1.72. The van der Waals surface area contributed by atoms with Crippen LogP contribution >= 0.6 is 0 Å². The molecular formula is C15H15F2NO4. The van der Waals surface area contributed by atoms with E-state index in [-0.39, 0.29) is 19.4 Å². The molecule has 0 aromatic heterocycles. The zero-order valence-corrected chi connectivity index (χ0v) is 11.6. The average Bonchev–Trinajstić information content (AvgIpc) is 3.07. The van der Waals surface area contributed by atoms with Gasteiger partial charge in [0.05, 0.1) is 5.92 Å². The van der Waals surface area contributed by atoms with Gasteiger partial charge in [0.2, 0.25) is 0 Å². The van der Waals surface area contributed by atoms with Crippen molar-refractivity contribution in [3.8, 4) is 0 Å². The summed E-state index contributed by atoms with van der Waals surface area (Å²) in [5.74, 6) is -5.25. The van der Waals surface area contributed by atoms with Crippen molar-refractivity contribution in [2.75, 3.05) is 0 Å². The van der Waals surface area contributed by atoms with Crippen LogP contribution < -0.4 is 0 Å². The van der Waals surface area contributed by atoms with Crippen LogP contribution in [0.2, 0.25) is 0 Å². The van der Waals surface area contributed by atoms with E-state index in [1.165, 1.54) is 0 Å². The van der Waals surface area contributed by atoms with Crippen LogP contribution in [0.1, 0.15) is 18.4 Å². The fourth-order valence-electron chi connectivity index (χ4n) is 3.05. The molecule has 22 heavy (non-hydrogen) atoms. The third kappa shape index (κ3) is 2.40. The first kappa shape index (κ1) is 14.7. The molecule has 3 unspecified atom stereocenters. The van der Waals surface area contributed by atoms with E-state index >= 15 is 0 Å². The number of halogens is 2. The van der Waals surface area contributed by atoms with Gasteiger partial charge in [-0.15, -0.1) is 0 Å². The van der Waals surface area contributed by atoms with Crippen molar-refractivity contribution < 1.29 is 28.2 Å². The number of carboxylic acid groups (broad SMARTS) is 1. The van der Waals surface area contributed by atoms with Gasteiger partial charge in [-0.05, 0) is 18.4 Å². The predicted molar refractivity (Wildman–Crippen MR) is 71.3 cm³/mol. The summed E-state index contributed by atoms with van der Waals surface area (Å²) in [6.07, 6.45) is -0.869. The molecule has 0 bridgehead atoms. The lowest BCUT2D eigenvalue weighted by atomic mass is 10.0. The maximum Gasteiger partial charge on any atom is 0.411 e. The molecule has 1 aliphatic carbocycles. The van der Waals surface area contributed by atoms with Crippen LogP contribution in [0.5, 0.6) is 0 Å². The SMILES string of the molecule is O=C(O)C1CCC2C(N1C(=O)OCc1ccccc1)C2(F)F. The molecule has 1 amide bonds. The number of hydrogen-bond donors (Lipinski definition) is 1. The highest BCUT2D eigenvalue weighted by Gasteiger charge is 2.74. The second-order valence-electron chi connectivity index (χ2n) is 5.60. The second kappa shape index (κ2) is 5.23. The Morgan fingerprint density at radius 3 is 2.59 bits per heavy atom. The number of ether oxygens (including phenoxy) is 1. The van der Waals surface area contributed by atoms with Crippen LogP contribution in [0.25, 0.3) is 0 Å². The van der Waals surface area contributed by atoms with Gasteiger partial charge in [0.15, 0.2) is 0 Å². The van der Waals surface area contributed by atoms with Gasteiger partial charge < -0.3 is 9.84 Å². The van der Waals surface area contributed by atoms with Gasteiger partial charge in [-0.2, -0.15) is 0 Å². The predicted octanol–water partition coefficient (Wildman–Crippen LogP) is 2.51. The number of carboxylic acids is 1. The number of amides is 1. The third-order valence-corrected chi connectivity index (χ3v) is 4.25. The summed E-state index contributed by atoms with van der Waals surface area (Å²) in [5, 5.41) is 9.15. The van der Waals surface area contributed by atoms with Crippen molar-refractivity contribution in [2.24, 2.45) is 5.92 Å². The number of piperidine rings is 1. The quantitative estimate of drug-likeness (QED) is 0.931. The molecule has 0 radical (unpaired) electrons. The van der Waals surface area contributed by atoms with E-state index in [1.54, 1.807) is 30.3 Å². The van der Waals surface area contributed by atoms with E-state index in [4.69, 9.17) is 9.84 Å². The van der Waals surface area contributed by atoms with E-state index in [0.717, 1.165) is 0 Å². The van der Waals surface area contributed by atoms with Gasteiger partial charge in [0.1, 0.15) is 18.7 Å². The van der Waals surface area contributed by atoms with E-state index in [1.807, 2.05) is 0 Å². The maximum atomic E-state index is 13.7. The van der Waals surface area contributed by atoms with Crippen molar-refractivity contribution in [2.45, 2.75) is 37.5 Å². The molecule has 1 aromatic rings. The molecule has 1 saturated carbocycles. The van der Waals surface area contributed by atoms with E-state index in [2.05, 4.69) is 0 Å². The van der Waals surface area contributed by atoms with Gasteiger partial charge in [0, 0.05) is 0 Å². The number of aliphatic carboxylic acids is 1. The highest BCUT2D eigenvalue weighted by Crippen LogP contribution is 2.58. The minimum Gasteiger partial charge on any atom is -0.480 e. The fourth-order valence-corrected chi connectivity index (χ4v) is 3.05. The minimum absolute atomic E-state index is 0.0204. The number of fused-ring (bicyclic) bond motifs is 1. The molecule has 3 atom stereocenters. The highest BCUT2D eigenvalue weighted by molar-refractivity contribution is 5.81. The Labute approximate surface area is 125 Å². The molecule has 1 aliphatic heterocycles. The number of rotatable bonds is 3. The monoisotopic (exact) mass is 311 g/mol. The summed E-state index contributed by atoms with van der Waals surface area (Å²) in [7, 11) is 0. The summed E-state index contributed by atoms with van der Waals surface area (Å²) in [4.78, 5) is 24.1. The Morgan fingerprint density at radius 1 is 1.27 bits per heavy atom. The Morgan fingerprint density at radius 2 is 1.95 bits per heavy atom. The van der Waals surface area contributed by atoms with Gasteiger partial charge >= 0.3 is 12.1 Å². The summed E-state index contributed by atoms with van der Waals surface area (Å²) < 4.78 is 32.4. The molecule has 118 valence electrons. The maximum absolute atomic E-state index is 13.7.